The van der Waals surface area contributed by atoms with E-state index < -0.39 is 15.8 Å². The molecular formula is C21H23N3O4S. The Morgan fingerprint density at radius 3 is 2.55 bits per heavy atom. The first-order valence-electron chi connectivity index (χ1n) is 9.58. The summed E-state index contributed by atoms with van der Waals surface area (Å²) >= 11 is 0. The molecule has 1 atom stereocenters. The summed E-state index contributed by atoms with van der Waals surface area (Å²) < 4.78 is 30.9. The largest absolute Gasteiger partial charge is 0.465 e. The highest BCUT2D eigenvalue weighted by atomic mass is 32.2. The number of nitrogens with zero attached hydrogens (tertiary/aromatic N) is 3. The molecule has 3 heterocycles. The quantitative estimate of drug-likeness (QED) is 0.609. The van der Waals surface area contributed by atoms with Crippen LogP contribution in [0, 0.1) is 0 Å². The van der Waals surface area contributed by atoms with E-state index in [1.165, 1.54) is 7.11 Å². The van der Waals surface area contributed by atoms with Crippen LogP contribution in [0.5, 0.6) is 0 Å². The van der Waals surface area contributed by atoms with Crippen LogP contribution in [0.4, 0.5) is 0 Å². The van der Waals surface area contributed by atoms with Crippen LogP contribution < -0.4 is 0 Å². The van der Waals surface area contributed by atoms with Gasteiger partial charge in [0.1, 0.15) is 5.69 Å². The average Bonchev–Trinajstić information content (AvgIpc) is 3.27. The highest BCUT2D eigenvalue weighted by molar-refractivity contribution is 7.91. The third kappa shape index (κ3) is 3.53. The molecular weight excluding hydrogens is 390 g/mol. The van der Waals surface area contributed by atoms with E-state index in [1.807, 2.05) is 44.2 Å². The molecule has 7 nitrogen and oxygen atoms in total. The Morgan fingerprint density at radius 1 is 1.24 bits per heavy atom. The molecule has 2 aromatic heterocycles. The fourth-order valence-corrected chi connectivity index (χ4v) is 5.43. The normalized spacial score (nSPS) is 18.4. The first-order chi connectivity index (χ1) is 13.8. The Hall–Kier alpha value is -2.74. The molecule has 1 aliphatic heterocycles. The van der Waals surface area contributed by atoms with Crippen molar-refractivity contribution in [2.24, 2.45) is 0 Å². The van der Waals surface area contributed by atoms with Gasteiger partial charge in [-0.05, 0) is 18.4 Å². The molecule has 3 aromatic rings. The molecule has 1 aromatic carbocycles. The molecule has 1 saturated heterocycles. The summed E-state index contributed by atoms with van der Waals surface area (Å²) in [4.78, 5) is 17.4. The summed E-state index contributed by atoms with van der Waals surface area (Å²) in [5, 5.41) is 5.36. The van der Waals surface area contributed by atoms with Crippen LogP contribution in [0.25, 0.3) is 22.3 Å². The van der Waals surface area contributed by atoms with E-state index in [0.29, 0.717) is 28.7 Å². The number of benzene rings is 1. The first kappa shape index (κ1) is 19.6. The zero-order valence-electron chi connectivity index (χ0n) is 16.6. The summed E-state index contributed by atoms with van der Waals surface area (Å²) in [6.45, 7) is 3.99. The molecule has 29 heavy (non-hydrogen) atoms. The van der Waals surface area contributed by atoms with Gasteiger partial charge in [0, 0.05) is 11.3 Å². The highest BCUT2D eigenvalue weighted by Gasteiger charge is 2.33. The maximum absolute atomic E-state index is 12.6. The van der Waals surface area contributed by atoms with Crippen LogP contribution in [0.1, 0.15) is 48.3 Å². The van der Waals surface area contributed by atoms with Crippen LogP contribution >= 0.6 is 0 Å². The number of sulfone groups is 1. The Bertz CT molecular complexity index is 1180. The molecule has 1 fully saturated rings. The lowest BCUT2D eigenvalue weighted by atomic mass is 10.0. The maximum Gasteiger partial charge on any atom is 0.338 e. The average molecular weight is 413 g/mol. The van der Waals surface area contributed by atoms with Crippen molar-refractivity contribution in [1.29, 1.82) is 0 Å². The van der Waals surface area contributed by atoms with Gasteiger partial charge in [0.25, 0.3) is 0 Å². The van der Waals surface area contributed by atoms with Crippen molar-refractivity contribution in [3.05, 3.63) is 47.7 Å². The first-order valence-corrected chi connectivity index (χ1v) is 11.4. The number of aromatic nitrogens is 3. The van der Waals surface area contributed by atoms with Gasteiger partial charge >= 0.3 is 5.97 Å². The number of hydrogen-bond donors (Lipinski definition) is 0. The van der Waals surface area contributed by atoms with Crippen molar-refractivity contribution in [2.45, 2.75) is 32.2 Å². The summed E-state index contributed by atoms with van der Waals surface area (Å²) in [5.41, 5.74) is 3.10. The van der Waals surface area contributed by atoms with E-state index in [9.17, 15) is 13.2 Å². The van der Waals surface area contributed by atoms with Crippen LogP contribution in [0.3, 0.4) is 0 Å². The molecule has 0 bridgehead atoms. The minimum atomic E-state index is -3.11. The third-order valence-electron chi connectivity index (χ3n) is 5.28. The fourth-order valence-electron chi connectivity index (χ4n) is 3.74. The number of methoxy groups -OCH3 is 1. The molecule has 0 amide bonds. The number of esters is 1. The Balaban J connectivity index is 2.05. The second-order valence-corrected chi connectivity index (χ2v) is 9.88. The molecule has 0 aliphatic carbocycles. The molecule has 0 saturated carbocycles. The van der Waals surface area contributed by atoms with Gasteiger partial charge in [-0.25, -0.2) is 22.9 Å². The van der Waals surface area contributed by atoms with E-state index in [0.717, 1.165) is 11.3 Å². The van der Waals surface area contributed by atoms with Crippen molar-refractivity contribution in [3.8, 4) is 11.3 Å². The lowest BCUT2D eigenvalue weighted by Gasteiger charge is -2.12. The smallest absolute Gasteiger partial charge is 0.338 e. The standard InChI is InChI=1S/C21H23N3O4S/c1-13(2)17-11-16(21(25)28-3)18-19(14-7-5-4-6-8-14)23-24(20(18)22-17)15-9-10-29(26,27)12-15/h4-8,11,13,15H,9-10,12H2,1-3H3/t15-/m1/s1. The maximum atomic E-state index is 12.6. The van der Waals surface area contributed by atoms with Gasteiger partial charge in [-0.15, -0.1) is 0 Å². The number of fused-ring (bicyclic) bond motifs is 1. The van der Waals surface area contributed by atoms with E-state index in [4.69, 9.17) is 14.8 Å². The van der Waals surface area contributed by atoms with E-state index >= 15 is 0 Å². The zero-order valence-corrected chi connectivity index (χ0v) is 17.4. The number of carbonyl (C=O) groups excluding carboxylic acids is 1. The predicted molar refractivity (Wildman–Crippen MR) is 111 cm³/mol. The SMILES string of the molecule is COC(=O)c1cc(C(C)C)nc2c1c(-c1ccccc1)nn2[C@@H]1CCS(=O)(=O)C1. The molecule has 0 unspecified atom stereocenters. The Kier molecular flexibility index (Phi) is 4.90. The molecule has 1 aliphatic rings. The van der Waals surface area contributed by atoms with Crippen LogP contribution in [0.15, 0.2) is 36.4 Å². The van der Waals surface area contributed by atoms with Gasteiger partial charge < -0.3 is 4.74 Å². The number of pyridine rings is 1. The highest BCUT2D eigenvalue weighted by Crippen LogP contribution is 2.35. The zero-order chi connectivity index (χ0) is 20.8. The lowest BCUT2D eigenvalue weighted by molar-refractivity contribution is 0.0602. The van der Waals surface area contributed by atoms with Gasteiger partial charge in [0.05, 0.1) is 35.6 Å². The second-order valence-electron chi connectivity index (χ2n) is 7.66. The summed E-state index contributed by atoms with van der Waals surface area (Å²) in [5.74, 6) is -0.222. The summed E-state index contributed by atoms with van der Waals surface area (Å²) in [7, 11) is -1.76. The molecule has 8 heteroatoms. The molecule has 152 valence electrons. The topological polar surface area (TPSA) is 91.2 Å². The van der Waals surface area contributed by atoms with E-state index in [1.54, 1.807) is 10.7 Å². The molecule has 0 N–H and O–H groups in total. The summed E-state index contributed by atoms with van der Waals surface area (Å²) in [6, 6.07) is 11.0. The fraction of sp³-hybridized carbons (Fsp3) is 0.381. The number of carbonyl (C=O) groups is 1. The predicted octanol–water partition coefficient (Wildman–Crippen LogP) is 3.37. The van der Waals surface area contributed by atoms with Gasteiger partial charge in [0.15, 0.2) is 15.5 Å². The van der Waals surface area contributed by atoms with E-state index in [-0.39, 0.29) is 23.5 Å². The van der Waals surface area contributed by atoms with Crippen LogP contribution in [-0.2, 0) is 14.6 Å². The van der Waals surface area contributed by atoms with Crippen molar-refractivity contribution in [3.63, 3.8) is 0 Å². The minimum absolute atomic E-state index is 0.0269. The monoisotopic (exact) mass is 413 g/mol. The summed E-state index contributed by atoms with van der Waals surface area (Å²) in [6.07, 6.45) is 0.481. The Morgan fingerprint density at radius 2 is 1.97 bits per heavy atom. The van der Waals surface area contributed by atoms with Gasteiger partial charge in [-0.3, -0.25) is 0 Å². The third-order valence-corrected chi connectivity index (χ3v) is 7.03. The van der Waals surface area contributed by atoms with Crippen LogP contribution in [-0.4, -0.2) is 47.8 Å². The molecule has 0 radical (unpaired) electrons. The second kappa shape index (κ2) is 7.26. The van der Waals surface area contributed by atoms with Gasteiger partial charge in [-0.2, -0.15) is 5.10 Å². The molecule has 0 spiro atoms. The number of hydrogen-bond acceptors (Lipinski definition) is 6. The Labute approximate surface area is 169 Å². The number of rotatable bonds is 4. The van der Waals surface area contributed by atoms with Crippen molar-refractivity contribution in [1.82, 2.24) is 14.8 Å². The minimum Gasteiger partial charge on any atom is -0.465 e. The molecule has 4 rings (SSSR count). The van der Waals surface area contributed by atoms with Crippen molar-refractivity contribution >= 4 is 26.8 Å². The van der Waals surface area contributed by atoms with E-state index in [2.05, 4.69) is 0 Å². The van der Waals surface area contributed by atoms with Gasteiger partial charge in [-0.1, -0.05) is 44.2 Å². The van der Waals surface area contributed by atoms with Gasteiger partial charge in [0.2, 0.25) is 0 Å². The van der Waals surface area contributed by atoms with Crippen molar-refractivity contribution < 1.29 is 17.9 Å². The number of ether oxygens (including phenoxy) is 1. The lowest BCUT2D eigenvalue weighted by Crippen LogP contribution is -2.14. The van der Waals surface area contributed by atoms with Crippen molar-refractivity contribution in [2.75, 3.05) is 18.6 Å². The van der Waals surface area contributed by atoms with Crippen LogP contribution in [0.2, 0.25) is 0 Å².